The van der Waals surface area contributed by atoms with Crippen molar-refractivity contribution in [2.24, 2.45) is 0 Å². The van der Waals surface area contributed by atoms with E-state index in [1.807, 2.05) is 30.3 Å². The Labute approximate surface area is 125 Å². The van der Waals surface area contributed by atoms with E-state index in [9.17, 15) is 13.5 Å². The average molecular weight is 305 g/mol. The van der Waals surface area contributed by atoms with Crippen LogP contribution in [0, 0.1) is 0 Å². The molecule has 5 heteroatoms. The highest BCUT2D eigenvalue weighted by Crippen LogP contribution is 2.12. The summed E-state index contributed by atoms with van der Waals surface area (Å²) in [6.07, 6.45) is 0.637. The van der Waals surface area contributed by atoms with Gasteiger partial charge in [0.15, 0.2) is 9.84 Å². The molecule has 0 amide bonds. The molecule has 2 N–H and O–H groups in total. The number of benzene rings is 2. The second kappa shape index (κ2) is 6.85. The first-order chi connectivity index (χ1) is 9.97. The van der Waals surface area contributed by atoms with Gasteiger partial charge >= 0.3 is 0 Å². The molecule has 1 atom stereocenters. The maximum atomic E-state index is 11.4. The summed E-state index contributed by atoms with van der Waals surface area (Å²) < 4.78 is 22.7. The average Bonchev–Trinajstić information content (AvgIpc) is 2.47. The van der Waals surface area contributed by atoms with E-state index in [0.717, 1.165) is 11.1 Å². The van der Waals surface area contributed by atoms with Gasteiger partial charge in [-0.2, -0.15) is 0 Å². The molecule has 0 heterocycles. The molecule has 2 aromatic carbocycles. The van der Waals surface area contributed by atoms with E-state index in [0.29, 0.717) is 18.0 Å². The quantitative estimate of drug-likeness (QED) is 0.855. The zero-order valence-corrected chi connectivity index (χ0v) is 12.7. The second-order valence-corrected chi connectivity index (χ2v) is 6.99. The third-order valence-electron chi connectivity index (χ3n) is 3.20. The molecule has 0 aliphatic heterocycles. The fraction of sp³-hybridized carbons (Fsp3) is 0.250. The van der Waals surface area contributed by atoms with Crippen molar-refractivity contribution in [1.29, 1.82) is 0 Å². The Balaban J connectivity index is 1.86. The summed E-state index contributed by atoms with van der Waals surface area (Å²) in [5.41, 5.74) is 1.85. The largest absolute Gasteiger partial charge is 0.387 e. The van der Waals surface area contributed by atoms with Crippen LogP contribution in [0.3, 0.4) is 0 Å². The molecular formula is C16H19NO3S. The maximum absolute atomic E-state index is 11.4. The van der Waals surface area contributed by atoms with Crippen LogP contribution in [0.15, 0.2) is 59.5 Å². The van der Waals surface area contributed by atoms with Crippen molar-refractivity contribution in [3.8, 4) is 0 Å². The lowest BCUT2D eigenvalue weighted by atomic mass is 10.1. The van der Waals surface area contributed by atoms with Crippen LogP contribution >= 0.6 is 0 Å². The van der Waals surface area contributed by atoms with Crippen LogP contribution in [0.25, 0.3) is 0 Å². The number of nitrogens with one attached hydrogen (secondary N) is 1. The number of hydrogen-bond acceptors (Lipinski definition) is 4. The Hall–Kier alpha value is -1.69. The number of aliphatic hydroxyl groups is 1. The Kier molecular flexibility index (Phi) is 5.12. The molecule has 2 rings (SSSR count). The Morgan fingerprint density at radius 3 is 2.24 bits per heavy atom. The molecule has 0 aromatic heterocycles. The lowest BCUT2D eigenvalue weighted by Crippen LogP contribution is -2.21. The van der Waals surface area contributed by atoms with Gasteiger partial charge in [-0.25, -0.2) is 8.42 Å². The van der Waals surface area contributed by atoms with E-state index in [1.165, 1.54) is 6.26 Å². The first kappa shape index (κ1) is 15.7. The van der Waals surface area contributed by atoms with Crippen LogP contribution in [0.2, 0.25) is 0 Å². The zero-order valence-electron chi connectivity index (χ0n) is 11.9. The molecule has 21 heavy (non-hydrogen) atoms. The lowest BCUT2D eigenvalue weighted by molar-refractivity contribution is 0.174. The highest BCUT2D eigenvalue weighted by molar-refractivity contribution is 7.90. The molecule has 0 spiro atoms. The molecule has 0 aliphatic rings. The van der Waals surface area contributed by atoms with Gasteiger partial charge in [-0.1, -0.05) is 42.5 Å². The van der Waals surface area contributed by atoms with Crippen molar-refractivity contribution >= 4 is 9.84 Å². The van der Waals surface area contributed by atoms with Crippen LogP contribution in [0.1, 0.15) is 17.2 Å². The summed E-state index contributed by atoms with van der Waals surface area (Å²) in [7, 11) is -3.15. The summed E-state index contributed by atoms with van der Waals surface area (Å²) in [5.74, 6) is 0. The van der Waals surface area contributed by atoms with Crippen LogP contribution in [-0.4, -0.2) is 26.3 Å². The SMILES string of the molecule is CS(=O)(=O)c1ccc(CNCC(O)c2ccccc2)cc1. The van der Waals surface area contributed by atoms with Crippen LogP contribution in [-0.2, 0) is 16.4 Å². The molecule has 0 fully saturated rings. The minimum absolute atomic E-state index is 0.315. The predicted molar refractivity (Wildman–Crippen MR) is 82.7 cm³/mol. The fourth-order valence-corrected chi connectivity index (χ4v) is 2.63. The number of aliphatic hydroxyl groups excluding tert-OH is 1. The Bertz CT molecular complexity index is 666. The number of sulfone groups is 1. The summed E-state index contributed by atoms with van der Waals surface area (Å²) in [4.78, 5) is 0.315. The van der Waals surface area contributed by atoms with Crippen molar-refractivity contribution in [3.63, 3.8) is 0 Å². The normalized spacial score (nSPS) is 13.0. The third-order valence-corrected chi connectivity index (χ3v) is 4.33. The first-order valence-corrected chi connectivity index (χ1v) is 8.58. The van der Waals surface area contributed by atoms with E-state index in [2.05, 4.69) is 5.32 Å². The number of hydrogen-bond donors (Lipinski definition) is 2. The smallest absolute Gasteiger partial charge is 0.175 e. The molecule has 0 bridgehead atoms. The van der Waals surface area contributed by atoms with E-state index in [-0.39, 0.29) is 0 Å². The van der Waals surface area contributed by atoms with Gasteiger partial charge in [0.2, 0.25) is 0 Å². The minimum atomic E-state index is -3.15. The van der Waals surface area contributed by atoms with Crippen LogP contribution in [0.5, 0.6) is 0 Å². The van der Waals surface area contributed by atoms with Gasteiger partial charge < -0.3 is 10.4 Å². The Morgan fingerprint density at radius 1 is 1.05 bits per heavy atom. The second-order valence-electron chi connectivity index (χ2n) is 4.97. The zero-order chi connectivity index (χ0) is 15.3. The molecule has 2 aromatic rings. The number of rotatable bonds is 6. The van der Waals surface area contributed by atoms with Crippen LogP contribution in [0.4, 0.5) is 0 Å². The van der Waals surface area contributed by atoms with Gasteiger partial charge in [0.25, 0.3) is 0 Å². The van der Waals surface area contributed by atoms with Gasteiger partial charge in [-0.05, 0) is 23.3 Å². The fourth-order valence-electron chi connectivity index (χ4n) is 2.00. The monoisotopic (exact) mass is 305 g/mol. The molecule has 0 aliphatic carbocycles. The van der Waals surface area contributed by atoms with Crippen molar-refractivity contribution in [3.05, 3.63) is 65.7 Å². The molecule has 0 saturated carbocycles. The van der Waals surface area contributed by atoms with E-state index in [1.54, 1.807) is 24.3 Å². The van der Waals surface area contributed by atoms with Crippen molar-refractivity contribution in [2.75, 3.05) is 12.8 Å². The summed E-state index contributed by atoms with van der Waals surface area (Å²) >= 11 is 0. The predicted octanol–water partition coefficient (Wildman–Crippen LogP) is 1.91. The molecule has 1 unspecified atom stereocenters. The van der Waals surface area contributed by atoms with E-state index < -0.39 is 15.9 Å². The van der Waals surface area contributed by atoms with Gasteiger partial charge in [0.1, 0.15) is 0 Å². The van der Waals surface area contributed by atoms with E-state index in [4.69, 9.17) is 0 Å². The lowest BCUT2D eigenvalue weighted by Gasteiger charge is -2.12. The van der Waals surface area contributed by atoms with Crippen molar-refractivity contribution in [2.45, 2.75) is 17.5 Å². The highest BCUT2D eigenvalue weighted by atomic mass is 32.2. The third kappa shape index (κ3) is 4.67. The molecular weight excluding hydrogens is 286 g/mol. The van der Waals surface area contributed by atoms with Gasteiger partial charge in [-0.3, -0.25) is 0 Å². The van der Waals surface area contributed by atoms with Gasteiger partial charge in [-0.15, -0.1) is 0 Å². The van der Waals surface area contributed by atoms with Crippen molar-refractivity contribution < 1.29 is 13.5 Å². The topological polar surface area (TPSA) is 66.4 Å². The van der Waals surface area contributed by atoms with Gasteiger partial charge in [0.05, 0.1) is 11.0 Å². The molecule has 112 valence electrons. The highest BCUT2D eigenvalue weighted by Gasteiger charge is 2.07. The standard InChI is InChI=1S/C16H19NO3S/c1-21(19,20)15-9-7-13(8-10-15)11-17-12-16(18)14-5-3-2-4-6-14/h2-10,16-18H,11-12H2,1H3. The molecule has 4 nitrogen and oxygen atoms in total. The van der Waals surface area contributed by atoms with Crippen LogP contribution < -0.4 is 5.32 Å². The van der Waals surface area contributed by atoms with Gasteiger partial charge in [0, 0.05) is 19.3 Å². The summed E-state index contributed by atoms with van der Waals surface area (Å²) in [6.45, 7) is 1.02. The minimum Gasteiger partial charge on any atom is -0.387 e. The molecule has 0 radical (unpaired) electrons. The summed E-state index contributed by atoms with van der Waals surface area (Å²) in [5, 5.41) is 13.2. The Morgan fingerprint density at radius 2 is 1.67 bits per heavy atom. The van der Waals surface area contributed by atoms with Crippen molar-refractivity contribution in [1.82, 2.24) is 5.32 Å². The first-order valence-electron chi connectivity index (χ1n) is 6.69. The van der Waals surface area contributed by atoms with E-state index >= 15 is 0 Å². The summed E-state index contributed by atoms with van der Waals surface area (Å²) in [6, 6.07) is 16.2. The molecule has 0 saturated heterocycles. The maximum Gasteiger partial charge on any atom is 0.175 e.